The first kappa shape index (κ1) is 24.6. The lowest BCUT2D eigenvalue weighted by Gasteiger charge is -2.25. The van der Waals surface area contributed by atoms with Gasteiger partial charge in [0.25, 0.3) is 0 Å². The summed E-state index contributed by atoms with van der Waals surface area (Å²) >= 11 is 0. The van der Waals surface area contributed by atoms with E-state index in [0.717, 1.165) is 36.1 Å². The minimum absolute atomic E-state index is 0. The molecule has 0 radical (unpaired) electrons. The van der Waals surface area contributed by atoms with Crippen LogP contribution in [0.25, 0.3) is 0 Å². The number of aliphatic imine (C=N–C) groups is 1. The summed E-state index contributed by atoms with van der Waals surface area (Å²) in [6.07, 6.45) is 8.22. The Kier molecular flexibility index (Phi) is 9.57. The highest BCUT2D eigenvalue weighted by atomic mass is 127. The first-order chi connectivity index (χ1) is 14.0. The molecule has 0 spiro atoms. The Balaban J connectivity index is 0.00000320. The van der Waals surface area contributed by atoms with Crippen molar-refractivity contribution in [3.8, 4) is 0 Å². The van der Waals surface area contributed by atoms with Crippen LogP contribution in [-0.4, -0.2) is 36.5 Å². The number of aryl methyl sites for hydroxylation is 3. The van der Waals surface area contributed by atoms with Gasteiger partial charge >= 0.3 is 0 Å². The summed E-state index contributed by atoms with van der Waals surface area (Å²) in [5.41, 5.74) is 3.68. The monoisotopic (exact) mass is 528 g/mol. The fraction of sp³-hybridized carbons (Fsp3) is 0.714. The normalized spacial score (nSPS) is 15.2. The van der Waals surface area contributed by atoms with Gasteiger partial charge in [-0.05, 0) is 32.6 Å². The van der Waals surface area contributed by atoms with Gasteiger partial charge in [0.05, 0.1) is 18.8 Å². The molecule has 0 saturated heterocycles. The van der Waals surface area contributed by atoms with Gasteiger partial charge in [0, 0.05) is 31.4 Å². The van der Waals surface area contributed by atoms with Crippen LogP contribution in [0.15, 0.2) is 4.99 Å². The topological polar surface area (TPSA) is 85.0 Å². The highest BCUT2D eigenvalue weighted by molar-refractivity contribution is 14.0. The van der Waals surface area contributed by atoms with Gasteiger partial charge in [0.1, 0.15) is 5.82 Å². The highest BCUT2D eigenvalue weighted by Crippen LogP contribution is 2.18. The second-order valence-corrected chi connectivity index (χ2v) is 7.92. The van der Waals surface area contributed by atoms with E-state index < -0.39 is 0 Å². The molecule has 168 valence electrons. The molecule has 8 nitrogen and oxygen atoms in total. The van der Waals surface area contributed by atoms with Gasteiger partial charge in [-0.2, -0.15) is 5.10 Å². The second kappa shape index (κ2) is 11.7. The van der Waals surface area contributed by atoms with E-state index >= 15 is 0 Å². The summed E-state index contributed by atoms with van der Waals surface area (Å²) in [5, 5.41) is 20.2. The Morgan fingerprint density at radius 2 is 1.83 bits per heavy atom. The van der Waals surface area contributed by atoms with Gasteiger partial charge in [-0.3, -0.25) is 4.68 Å². The van der Waals surface area contributed by atoms with Crippen LogP contribution < -0.4 is 10.6 Å². The average molecular weight is 528 g/mol. The largest absolute Gasteiger partial charge is 0.354 e. The maximum atomic E-state index is 4.95. The molecular weight excluding hydrogens is 491 g/mol. The Labute approximate surface area is 197 Å². The van der Waals surface area contributed by atoms with Crippen LogP contribution in [0.3, 0.4) is 0 Å². The van der Waals surface area contributed by atoms with E-state index in [1.807, 2.05) is 30.3 Å². The number of halogens is 1. The van der Waals surface area contributed by atoms with Crippen LogP contribution in [0, 0.1) is 6.92 Å². The molecule has 2 N–H and O–H groups in total. The Hall–Kier alpha value is -1.65. The zero-order valence-corrected chi connectivity index (χ0v) is 21.4. The molecule has 0 aromatic carbocycles. The van der Waals surface area contributed by atoms with Crippen molar-refractivity contribution in [1.29, 1.82) is 0 Å². The SMILES string of the molecule is CCc1nn(C)c(CC)c1CN=C(NCc1nnc(C)n1C)NC1CCCCC1.I. The second-order valence-electron chi connectivity index (χ2n) is 7.92. The summed E-state index contributed by atoms with van der Waals surface area (Å²) < 4.78 is 4.02. The lowest BCUT2D eigenvalue weighted by Crippen LogP contribution is -2.44. The quantitative estimate of drug-likeness (QED) is 0.328. The maximum absolute atomic E-state index is 4.95. The molecule has 2 aromatic heterocycles. The van der Waals surface area contributed by atoms with Crippen LogP contribution in [-0.2, 0) is 40.0 Å². The lowest BCUT2D eigenvalue weighted by atomic mass is 9.96. The number of aromatic nitrogens is 5. The van der Waals surface area contributed by atoms with Crippen molar-refractivity contribution in [1.82, 2.24) is 35.2 Å². The zero-order chi connectivity index (χ0) is 20.8. The van der Waals surface area contributed by atoms with Gasteiger partial charge in [0.2, 0.25) is 0 Å². The molecule has 2 heterocycles. The average Bonchev–Trinajstić information content (AvgIpc) is 3.22. The van der Waals surface area contributed by atoms with Gasteiger partial charge < -0.3 is 15.2 Å². The summed E-state index contributed by atoms with van der Waals surface area (Å²) in [6.45, 7) is 7.54. The fourth-order valence-electron chi connectivity index (χ4n) is 4.09. The lowest BCUT2D eigenvalue weighted by molar-refractivity contribution is 0.409. The fourth-order valence-corrected chi connectivity index (χ4v) is 4.09. The van der Waals surface area contributed by atoms with Gasteiger partial charge in [-0.25, -0.2) is 4.99 Å². The van der Waals surface area contributed by atoms with Crippen molar-refractivity contribution >= 4 is 29.9 Å². The molecule has 2 aromatic rings. The predicted molar refractivity (Wildman–Crippen MR) is 131 cm³/mol. The van der Waals surface area contributed by atoms with E-state index in [0.29, 0.717) is 19.1 Å². The Morgan fingerprint density at radius 3 is 2.43 bits per heavy atom. The Bertz CT molecular complexity index is 832. The number of hydrogen-bond donors (Lipinski definition) is 2. The molecule has 0 amide bonds. The van der Waals surface area contributed by atoms with Gasteiger partial charge in [-0.1, -0.05) is 33.1 Å². The molecule has 1 fully saturated rings. The van der Waals surface area contributed by atoms with E-state index in [2.05, 4.69) is 39.8 Å². The first-order valence-electron chi connectivity index (χ1n) is 11.0. The number of rotatable bonds is 7. The summed E-state index contributed by atoms with van der Waals surface area (Å²) in [4.78, 5) is 4.95. The van der Waals surface area contributed by atoms with E-state index in [-0.39, 0.29) is 24.0 Å². The Morgan fingerprint density at radius 1 is 1.10 bits per heavy atom. The van der Waals surface area contributed by atoms with Crippen LogP contribution in [0.4, 0.5) is 0 Å². The minimum Gasteiger partial charge on any atom is -0.354 e. The third kappa shape index (κ3) is 5.95. The number of hydrogen-bond acceptors (Lipinski definition) is 4. The van der Waals surface area contributed by atoms with E-state index in [4.69, 9.17) is 4.99 Å². The molecule has 1 aliphatic rings. The number of guanidine groups is 1. The van der Waals surface area contributed by atoms with Crippen molar-refractivity contribution in [2.24, 2.45) is 19.1 Å². The van der Waals surface area contributed by atoms with Crippen LogP contribution in [0.1, 0.15) is 74.6 Å². The molecule has 0 bridgehead atoms. The summed E-state index contributed by atoms with van der Waals surface area (Å²) in [6, 6.07) is 0.487. The highest BCUT2D eigenvalue weighted by Gasteiger charge is 2.17. The molecule has 0 aliphatic heterocycles. The van der Waals surface area contributed by atoms with Crippen LogP contribution in [0.2, 0.25) is 0 Å². The summed E-state index contributed by atoms with van der Waals surface area (Å²) in [7, 11) is 4.02. The van der Waals surface area contributed by atoms with E-state index in [9.17, 15) is 0 Å². The van der Waals surface area contributed by atoms with Crippen molar-refractivity contribution in [3.63, 3.8) is 0 Å². The maximum Gasteiger partial charge on any atom is 0.192 e. The standard InChI is InChI=1S/C21H36N8.HI/c1-6-18-17(19(7-2)29(5)27-18)13-22-21(24-16-11-9-8-10-12-16)23-14-20-26-25-15(3)28(20)4;/h16H,6-14H2,1-5H3,(H2,22,23,24);1H. The van der Waals surface area contributed by atoms with Crippen LogP contribution >= 0.6 is 24.0 Å². The van der Waals surface area contributed by atoms with E-state index in [1.165, 1.54) is 43.4 Å². The molecule has 30 heavy (non-hydrogen) atoms. The van der Waals surface area contributed by atoms with Crippen molar-refractivity contribution in [3.05, 3.63) is 28.6 Å². The molecule has 1 saturated carbocycles. The zero-order valence-electron chi connectivity index (χ0n) is 19.0. The smallest absolute Gasteiger partial charge is 0.192 e. The van der Waals surface area contributed by atoms with Crippen molar-refractivity contribution in [2.75, 3.05) is 0 Å². The molecule has 0 atom stereocenters. The van der Waals surface area contributed by atoms with Gasteiger partial charge in [0.15, 0.2) is 11.8 Å². The minimum atomic E-state index is 0. The molecular formula is C21H37IN8. The molecule has 0 unspecified atom stereocenters. The van der Waals surface area contributed by atoms with Crippen molar-refractivity contribution in [2.45, 2.75) is 84.8 Å². The summed E-state index contributed by atoms with van der Waals surface area (Å²) in [5.74, 6) is 2.67. The van der Waals surface area contributed by atoms with Crippen LogP contribution in [0.5, 0.6) is 0 Å². The number of nitrogens with zero attached hydrogens (tertiary/aromatic N) is 6. The van der Waals surface area contributed by atoms with Crippen molar-refractivity contribution < 1.29 is 0 Å². The third-order valence-electron chi connectivity index (χ3n) is 5.97. The third-order valence-corrected chi connectivity index (χ3v) is 5.97. The molecule has 1 aliphatic carbocycles. The van der Waals surface area contributed by atoms with Gasteiger partial charge in [-0.15, -0.1) is 34.2 Å². The van der Waals surface area contributed by atoms with E-state index in [1.54, 1.807) is 0 Å². The first-order valence-corrected chi connectivity index (χ1v) is 11.0. The molecule has 9 heteroatoms. The molecule has 3 rings (SSSR count). The number of nitrogens with one attached hydrogen (secondary N) is 2. The predicted octanol–water partition coefficient (Wildman–Crippen LogP) is 3.17.